The predicted octanol–water partition coefficient (Wildman–Crippen LogP) is 14.3. The van der Waals surface area contributed by atoms with Gasteiger partial charge in [0.2, 0.25) is 0 Å². The normalized spacial score (nSPS) is 11.3. The summed E-state index contributed by atoms with van der Waals surface area (Å²) in [6.07, 6.45) is 40.8. The highest BCUT2D eigenvalue weighted by Crippen LogP contribution is 2.22. The van der Waals surface area contributed by atoms with Crippen LogP contribution in [0.4, 0.5) is 0 Å². The minimum atomic E-state index is -0.537. The summed E-state index contributed by atoms with van der Waals surface area (Å²) in [5, 5.41) is 10.2. The number of ether oxygens (including phenoxy) is 1. The standard InChI is InChI=1S/C43H76O4/c1-3-5-7-9-11-13-15-17-19-21-23-25-27-29-31-33-37-47-43(46)40-38-39(35-36-42(40)45)41(44)34-32-30-28-26-24-22-20-18-16-14-12-10-8-6-4-2/h35-36,38,45H,3-34,37H2,1-2H3. The fraction of sp³-hybridized carbons (Fsp3) is 0.814. The molecule has 1 aromatic carbocycles. The van der Waals surface area contributed by atoms with Crippen LogP contribution in [-0.4, -0.2) is 23.5 Å². The second kappa shape index (κ2) is 32.7. The molecular weight excluding hydrogens is 580 g/mol. The third-order valence-corrected chi connectivity index (χ3v) is 9.78. The number of unbranched alkanes of at least 4 members (excludes halogenated alkanes) is 29. The number of carbonyl (C=O) groups is 2. The lowest BCUT2D eigenvalue weighted by atomic mass is 10.0. The SMILES string of the molecule is CCCCCCCCCCCCCCCCCCOC(=O)c1cc(C(=O)CCCCCCCCCCCCCCCCC)ccc1O. The van der Waals surface area contributed by atoms with Gasteiger partial charge in [0.05, 0.1) is 6.61 Å². The molecule has 1 aromatic rings. The largest absolute Gasteiger partial charge is 0.507 e. The Kier molecular flexibility index (Phi) is 30.0. The molecule has 1 rings (SSSR count). The Labute approximate surface area is 291 Å². The van der Waals surface area contributed by atoms with Gasteiger partial charge in [-0.3, -0.25) is 4.79 Å². The molecule has 0 bridgehead atoms. The van der Waals surface area contributed by atoms with E-state index >= 15 is 0 Å². The fourth-order valence-corrected chi connectivity index (χ4v) is 6.57. The molecule has 0 aromatic heterocycles. The van der Waals surface area contributed by atoms with E-state index in [4.69, 9.17) is 4.74 Å². The van der Waals surface area contributed by atoms with Crippen molar-refractivity contribution < 1.29 is 19.4 Å². The van der Waals surface area contributed by atoms with E-state index in [0.717, 1.165) is 25.7 Å². The van der Waals surface area contributed by atoms with E-state index in [1.54, 1.807) is 6.07 Å². The molecule has 0 saturated heterocycles. The Balaban J connectivity index is 2.03. The lowest BCUT2D eigenvalue weighted by Gasteiger charge is -2.09. The number of benzene rings is 1. The molecule has 4 nitrogen and oxygen atoms in total. The average molecular weight is 657 g/mol. The second-order valence-corrected chi connectivity index (χ2v) is 14.3. The molecule has 0 spiro atoms. The monoisotopic (exact) mass is 657 g/mol. The van der Waals surface area contributed by atoms with Crippen molar-refractivity contribution in [1.82, 2.24) is 0 Å². The number of phenolic OH excluding ortho intramolecular Hbond substituents is 1. The van der Waals surface area contributed by atoms with Crippen molar-refractivity contribution in [2.45, 2.75) is 219 Å². The lowest BCUT2D eigenvalue weighted by molar-refractivity contribution is 0.0494. The second-order valence-electron chi connectivity index (χ2n) is 14.3. The summed E-state index contributed by atoms with van der Waals surface area (Å²) in [6.45, 7) is 4.90. The molecule has 0 saturated carbocycles. The maximum Gasteiger partial charge on any atom is 0.341 e. The van der Waals surface area contributed by atoms with Crippen LogP contribution in [0.25, 0.3) is 0 Å². The van der Waals surface area contributed by atoms with Gasteiger partial charge in [0.1, 0.15) is 11.3 Å². The maximum absolute atomic E-state index is 12.8. The fourth-order valence-electron chi connectivity index (χ4n) is 6.57. The molecule has 0 unspecified atom stereocenters. The van der Waals surface area contributed by atoms with Crippen molar-refractivity contribution in [2.24, 2.45) is 0 Å². The zero-order valence-corrected chi connectivity index (χ0v) is 31.2. The summed E-state index contributed by atoms with van der Waals surface area (Å²) >= 11 is 0. The molecule has 272 valence electrons. The van der Waals surface area contributed by atoms with E-state index in [-0.39, 0.29) is 17.1 Å². The van der Waals surface area contributed by atoms with Gasteiger partial charge in [-0.15, -0.1) is 0 Å². The van der Waals surface area contributed by atoms with Gasteiger partial charge in [0.15, 0.2) is 5.78 Å². The van der Waals surface area contributed by atoms with Crippen molar-refractivity contribution in [1.29, 1.82) is 0 Å². The molecule has 4 heteroatoms. The minimum absolute atomic E-state index is 0.0338. The maximum atomic E-state index is 12.8. The summed E-state index contributed by atoms with van der Waals surface area (Å²) in [5.74, 6) is -0.623. The first-order valence-corrected chi connectivity index (χ1v) is 20.6. The van der Waals surface area contributed by atoms with E-state index in [0.29, 0.717) is 18.6 Å². The van der Waals surface area contributed by atoms with E-state index in [1.165, 1.54) is 185 Å². The first-order chi connectivity index (χ1) is 23.1. The van der Waals surface area contributed by atoms with Crippen LogP contribution in [0.5, 0.6) is 5.75 Å². The average Bonchev–Trinajstić information content (AvgIpc) is 3.07. The van der Waals surface area contributed by atoms with Crippen LogP contribution in [-0.2, 0) is 4.74 Å². The molecule has 0 atom stereocenters. The molecule has 0 fully saturated rings. The highest BCUT2D eigenvalue weighted by Gasteiger charge is 2.16. The van der Waals surface area contributed by atoms with Gasteiger partial charge in [-0.25, -0.2) is 4.79 Å². The summed E-state index contributed by atoms with van der Waals surface area (Å²) in [5.41, 5.74) is 0.589. The molecule has 0 heterocycles. The predicted molar refractivity (Wildman–Crippen MR) is 202 cm³/mol. The number of Topliss-reactive ketones (excluding diaryl/α,β-unsaturated/α-hetero) is 1. The number of ketones is 1. The van der Waals surface area contributed by atoms with E-state index in [9.17, 15) is 14.7 Å². The van der Waals surface area contributed by atoms with Crippen LogP contribution in [0, 0.1) is 0 Å². The first kappa shape index (κ1) is 43.2. The third-order valence-electron chi connectivity index (χ3n) is 9.78. The van der Waals surface area contributed by atoms with Gasteiger partial charge >= 0.3 is 5.97 Å². The minimum Gasteiger partial charge on any atom is -0.507 e. The van der Waals surface area contributed by atoms with Crippen molar-refractivity contribution in [2.75, 3.05) is 6.61 Å². The molecular formula is C43H76O4. The number of aromatic hydroxyl groups is 1. The number of hydrogen-bond acceptors (Lipinski definition) is 4. The van der Waals surface area contributed by atoms with Gasteiger partial charge in [-0.1, -0.05) is 200 Å². The van der Waals surface area contributed by atoms with Crippen LogP contribution in [0.1, 0.15) is 240 Å². The Morgan fingerprint density at radius 2 is 0.830 bits per heavy atom. The topological polar surface area (TPSA) is 63.6 Å². The molecule has 47 heavy (non-hydrogen) atoms. The van der Waals surface area contributed by atoms with Crippen molar-refractivity contribution in [3.8, 4) is 5.75 Å². The molecule has 0 radical (unpaired) electrons. The van der Waals surface area contributed by atoms with E-state index in [2.05, 4.69) is 13.8 Å². The molecule has 1 N–H and O–H groups in total. The molecule has 0 aliphatic heterocycles. The number of hydrogen-bond donors (Lipinski definition) is 1. The van der Waals surface area contributed by atoms with Crippen LogP contribution < -0.4 is 0 Å². The highest BCUT2D eigenvalue weighted by atomic mass is 16.5. The van der Waals surface area contributed by atoms with Crippen LogP contribution >= 0.6 is 0 Å². The number of rotatable bonds is 35. The summed E-state index contributed by atoms with van der Waals surface area (Å²) in [7, 11) is 0. The summed E-state index contributed by atoms with van der Waals surface area (Å²) < 4.78 is 5.44. The van der Waals surface area contributed by atoms with E-state index < -0.39 is 5.97 Å². The summed E-state index contributed by atoms with van der Waals surface area (Å²) in [4.78, 5) is 25.4. The van der Waals surface area contributed by atoms with Gasteiger partial charge in [-0.05, 0) is 31.0 Å². The number of esters is 1. The Morgan fingerprint density at radius 1 is 0.489 bits per heavy atom. The molecule has 0 aliphatic carbocycles. The lowest BCUT2D eigenvalue weighted by Crippen LogP contribution is -2.09. The molecule has 0 aliphatic rings. The molecule has 0 amide bonds. The highest BCUT2D eigenvalue weighted by molar-refractivity contribution is 6.00. The van der Waals surface area contributed by atoms with Crippen LogP contribution in [0.3, 0.4) is 0 Å². The first-order valence-electron chi connectivity index (χ1n) is 20.6. The number of carbonyl (C=O) groups excluding carboxylic acids is 2. The van der Waals surface area contributed by atoms with Gasteiger partial charge < -0.3 is 9.84 Å². The van der Waals surface area contributed by atoms with Crippen LogP contribution in [0.2, 0.25) is 0 Å². The van der Waals surface area contributed by atoms with Crippen molar-refractivity contribution in [3.05, 3.63) is 29.3 Å². The van der Waals surface area contributed by atoms with Gasteiger partial charge in [0.25, 0.3) is 0 Å². The van der Waals surface area contributed by atoms with E-state index in [1.807, 2.05) is 0 Å². The zero-order chi connectivity index (χ0) is 34.0. The third kappa shape index (κ3) is 25.8. The van der Waals surface area contributed by atoms with Crippen molar-refractivity contribution in [3.63, 3.8) is 0 Å². The summed E-state index contributed by atoms with van der Waals surface area (Å²) in [6, 6.07) is 4.58. The quantitative estimate of drug-likeness (QED) is 0.0448. The van der Waals surface area contributed by atoms with Gasteiger partial charge in [0, 0.05) is 12.0 Å². The van der Waals surface area contributed by atoms with Crippen LogP contribution in [0.15, 0.2) is 18.2 Å². The smallest absolute Gasteiger partial charge is 0.341 e. The Hall–Kier alpha value is -1.84. The van der Waals surface area contributed by atoms with Gasteiger partial charge in [-0.2, -0.15) is 0 Å². The Bertz CT molecular complexity index is 863. The van der Waals surface area contributed by atoms with Crippen molar-refractivity contribution >= 4 is 11.8 Å². The zero-order valence-electron chi connectivity index (χ0n) is 31.2. The number of phenols is 1. The Morgan fingerprint density at radius 3 is 1.21 bits per heavy atom.